The highest BCUT2D eigenvalue weighted by molar-refractivity contribution is 4.84. The first-order chi connectivity index (χ1) is 8.15. The van der Waals surface area contributed by atoms with Crippen LogP contribution in [-0.4, -0.2) is 61.2 Å². The van der Waals surface area contributed by atoms with Crippen molar-refractivity contribution in [1.29, 1.82) is 0 Å². The van der Waals surface area contributed by atoms with Crippen molar-refractivity contribution in [3.8, 4) is 0 Å². The topological polar surface area (TPSA) is 18.5 Å². The predicted octanol–water partition coefficient (Wildman–Crippen LogP) is 1.54. The molecule has 1 N–H and O–H groups in total. The Morgan fingerprint density at radius 1 is 1.00 bits per heavy atom. The van der Waals surface area contributed by atoms with Crippen LogP contribution in [0.2, 0.25) is 0 Å². The van der Waals surface area contributed by atoms with Crippen LogP contribution in [-0.2, 0) is 0 Å². The molecule has 0 aromatic carbocycles. The monoisotopic (exact) mass is 239 g/mol. The number of nitrogens with one attached hydrogen (secondary N) is 1. The minimum atomic E-state index is 0.714. The van der Waals surface area contributed by atoms with Gasteiger partial charge in [-0.15, -0.1) is 0 Å². The number of hydrogen-bond acceptors (Lipinski definition) is 3. The summed E-state index contributed by atoms with van der Waals surface area (Å²) in [6.45, 7) is 9.71. The van der Waals surface area contributed by atoms with Crippen molar-refractivity contribution in [2.75, 3.05) is 33.2 Å². The molecular formula is C14H29N3. The smallest absolute Gasteiger partial charge is 0.0209 e. The molecule has 2 heterocycles. The fraction of sp³-hybridized carbons (Fsp3) is 1.00. The molecule has 100 valence electrons. The third kappa shape index (κ3) is 3.94. The second kappa shape index (κ2) is 6.17. The van der Waals surface area contributed by atoms with Crippen LogP contribution >= 0.6 is 0 Å². The Morgan fingerprint density at radius 2 is 1.76 bits per heavy atom. The lowest BCUT2D eigenvalue weighted by atomic mass is 10.1. The molecule has 0 aliphatic carbocycles. The molecule has 2 rings (SSSR count). The minimum absolute atomic E-state index is 0.714. The predicted molar refractivity (Wildman–Crippen MR) is 73.4 cm³/mol. The van der Waals surface area contributed by atoms with Crippen LogP contribution in [0.15, 0.2) is 0 Å². The first kappa shape index (κ1) is 13.3. The summed E-state index contributed by atoms with van der Waals surface area (Å²) in [5, 5.41) is 3.88. The molecule has 0 spiro atoms. The molecule has 0 bridgehead atoms. The summed E-state index contributed by atoms with van der Waals surface area (Å²) in [4.78, 5) is 5.07. The van der Waals surface area contributed by atoms with E-state index in [0.717, 1.165) is 12.1 Å². The van der Waals surface area contributed by atoms with Gasteiger partial charge in [-0.05, 0) is 66.2 Å². The third-order valence-electron chi connectivity index (χ3n) is 4.36. The van der Waals surface area contributed by atoms with Crippen molar-refractivity contribution in [3.63, 3.8) is 0 Å². The molecule has 0 aromatic heterocycles. The molecule has 0 aromatic rings. The molecule has 2 aliphatic heterocycles. The molecule has 2 fully saturated rings. The van der Waals surface area contributed by atoms with Crippen molar-refractivity contribution in [3.05, 3.63) is 0 Å². The van der Waals surface area contributed by atoms with E-state index in [1.54, 1.807) is 0 Å². The van der Waals surface area contributed by atoms with Crippen LogP contribution in [0.1, 0.15) is 39.5 Å². The molecular weight excluding hydrogens is 210 g/mol. The van der Waals surface area contributed by atoms with E-state index in [1.807, 2.05) is 0 Å². The van der Waals surface area contributed by atoms with Crippen molar-refractivity contribution in [2.24, 2.45) is 0 Å². The van der Waals surface area contributed by atoms with Crippen LogP contribution in [0.4, 0.5) is 0 Å². The van der Waals surface area contributed by atoms with Gasteiger partial charge in [0.15, 0.2) is 0 Å². The molecule has 0 amide bonds. The summed E-state index contributed by atoms with van der Waals surface area (Å²) in [6, 6.07) is 2.22. The molecule has 0 saturated carbocycles. The van der Waals surface area contributed by atoms with Gasteiger partial charge >= 0.3 is 0 Å². The van der Waals surface area contributed by atoms with Gasteiger partial charge in [0.2, 0.25) is 0 Å². The first-order valence-corrected chi connectivity index (χ1v) is 7.34. The lowest BCUT2D eigenvalue weighted by Gasteiger charge is -2.25. The molecule has 17 heavy (non-hydrogen) atoms. The fourth-order valence-corrected chi connectivity index (χ4v) is 3.21. The van der Waals surface area contributed by atoms with Gasteiger partial charge in [-0.2, -0.15) is 0 Å². The molecule has 3 heteroatoms. The van der Waals surface area contributed by atoms with E-state index in [0.29, 0.717) is 6.04 Å². The zero-order valence-electron chi connectivity index (χ0n) is 11.8. The van der Waals surface area contributed by atoms with Crippen molar-refractivity contribution in [2.45, 2.75) is 57.7 Å². The van der Waals surface area contributed by atoms with E-state index >= 15 is 0 Å². The van der Waals surface area contributed by atoms with Crippen molar-refractivity contribution < 1.29 is 0 Å². The Bertz CT molecular complexity index is 230. The third-order valence-corrected chi connectivity index (χ3v) is 4.36. The van der Waals surface area contributed by atoms with Crippen molar-refractivity contribution >= 4 is 0 Å². The van der Waals surface area contributed by atoms with Gasteiger partial charge in [0.25, 0.3) is 0 Å². The highest BCUT2D eigenvalue weighted by atomic mass is 15.2. The number of rotatable bonds is 3. The molecule has 2 unspecified atom stereocenters. The standard InChI is InChI=1S/C14H29N3/c1-12(2)17-8-4-5-13(7-10-17)15-14-6-9-16(3)11-14/h12-15H,4-11H2,1-3H3. The van der Waals surface area contributed by atoms with E-state index in [4.69, 9.17) is 0 Å². The van der Waals surface area contributed by atoms with E-state index in [-0.39, 0.29) is 0 Å². The second-order valence-corrected chi connectivity index (χ2v) is 6.17. The first-order valence-electron chi connectivity index (χ1n) is 7.34. The quantitative estimate of drug-likeness (QED) is 0.806. The summed E-state index contributed by atoms with van der Waals surface area (Å²) in [5.74, 6) is 0. The van der Waals surface area contributed by atoms with Crippen LogP contribution in [0, 0.1) is 0 Å². The fourth-order valence-electron chi connectivity index (χ4n) is 3.21. The average Bonchev–Trinajstić information content (AvgIpc) is 2.54. The van der Waals surface area contributed by atoms with Gasteiger partial charge in [0, 0.05) is 24.7 Å². The maximum atomic E-state index is 3.88. The lowest BCUT2D eigenvalue weighted by Crippen LogP contribution is -2.40. The Labute approximate surface area is 107 Å². The van der Waals surface area contributed by atoms with E-state index in [9.17, 15) is 0 Å². The molecule has 3 nitrogen and oxygen atoms in total. The Balaban J connectivity index is 1.75. The van der Waals surface area contributed by atoms with Crippen LogP contribution in [0.5, 0.6) is 0 Å². The molecule has 0 radical (unpaired) electrons. The molecule has 2 aliphatic rings. The minimum Gasteiger partial charge on any atom is -0.310 e. The summed E-state index contributed by atoms with van der Waals surface area (Å²) >= 11 is 0. The van der Waals surface area contributed by atoms with Crippen LogP contribution < -0.4 is 5.32 Å². The Kier molecular flexibility index (Phi) is 4.83. The largest absolute Gasteiger partial charge is 0.310 e. The molecule has 2 atom stereocenters. The zero-order chi connectivity index (χ0) is 12.3. The van der Waals surface area contributed by atoms with Gasteiger partial charge < -0.3 is 15.1 Å². The Morgan fingerprint density at radius 3 is 2.41 bits per heavy atom. The highest BCUT2D eigenvalue weighted by Crippen LogP contribution is 2.16. The summed E-state index contributed by atoms with van der Waals surface area (Å²) in [5.41, 5.74) is 0. The number of hydrogen-bond donors (Lipinski definition) is 1. The van der Waals surface area contributed by atoms with E-state index in [1.165, 1.54) is 51.9 Å². The second-order valence-electron chi connectivity index (χ2n) is 6.17. The maximum Gasteiger partial charge on any atom is 0.0209 e. The average molecular weight is 239 g/mol. The molecule has 2 saturated heterocycles. The van der Waals surface area contributed by atoms with Gasteiger partial charge in [0.1, 0.15) is 0 Å². The number of nitrogens with zero attached hydrogens (tertiary/aromatic N) is 2. The van der Waals surface area contributed by atoms with Gasteiger partial charge in [-0.25, -0.2) is 0 Å². The number of likely N-dealkylation sites (N-methyl/N-ethyl adjacent to an activating group) is 1. The van der Waals surface area contributed by atoms with Crippen LogP contribution in [0.25, 0.3) is 0 Å². The maximum absolute atomic E-state index is 3.88. The van der Waals surface area contributed by atoms with Crippen molar-refractivity contribution in [1.82, 2.24) is 15.1 Å². The summed E-state index contributed by atoms with van der Waals surface area (Å²) < 4.78 is 0. The summed E-state index contributed by atoms with van der Waals surface area (Å²) in [6.07, 6.45) is 5.39. The number of likely N-dealkylation sites (tertiary alicyclic amines) is 2. The summed E-state index contributed by atoms with van der Waals surface area (Å²) in [7, 11) is 2.23. The lowest BCUT2D eigenvalue weighted by molar-refractivity contribution is 0.228. The Hall–Kier alpha value is -0.120. The normalized spacial score (nSPS) is 33.2. The van der Waals surface area contributed by atoms with Gasteiger partial charge in [-0.1, -0.05) is 0 Å². The highest BCUT2D eigenvalue weighted by Gasteiger charge is 2.24. The van der Waals surface area contributed by atoms with Crippen LogP contribution in [0.3, 0.4) is 0 Å². The SMILES string of the molecule is CC(C)N1CCCC(NC2CCN(C)C2)CC1. The van der Waals surface area contributed by atoms with Gasteiger partial charge in [0.05, 0.1) is 0 Å². The zero-order valence-corrected chi connectivity index (χ0v) is 11.8. The van der Waals surface area contributed by atoms with E-state index < -0.39 is 0 Å². The van der Waals surface area contributed by atoms with Gasteiger partial charge in [-0.3, -0.25) is 0 Å². The van der Waals surface area contributed by atoms with E-state index in [2.05, 4.69) is 36.0 Å².